The van der Waals surface area contributed by atoms with Gasteiger partial charge in [0.15, 0.2) is 0 Å². The van der Waals surface area contributed by atoms with E-state index in [4.69, 9.17) is 0 Å². The average Bonchev–Trinajstić information content (AvgIpc) is 2.36. The van der Waals surface area contributed by atoms with E-state index in [0.717, 1.165) is 0 Å². The van der Waals surface area contributed by atoms with Crippen molar-refractivity contribution in [2.24, 2.45) is 0 Å². The summed E-state index contributed by atoms with van der Waals surface area (Å²) in [4.78, 5) is 2.20. The molecule has 0 saturated heterocycles. The molecule has 0 bridgehead atoms. The predicted octanol–water partition coefficient (Wildman–Crippen LogP) is 1.64. The lowest BCUT2D eigenvalue weighted by Gasteiger charge is -2.20. The zero-order valence-electron chi connectivity index (χ0n) is 6.83. The summed E-state index contributed by atoms with van der Waals surface area (Å²) in [6, 6.07) is 0.537. The fraction of sp³-hybridized carbons (Fsp3) is 0.444. The van der Waals surface area contributed by atoms with Crippen molar-refractivity contribution >= 4 is 0 Å². The Morgan fingerprint density at radius 2 is 2.00 bits per heavy atom. The molecule has 10 heavy (non-hydrogen) atoms. The Kier molecular flexibility index (Phi) is 2.28. The fourth-order valence-electron chi connectivity index (χ4n) is 0.966. The lowest BCUT2D eigenvalue weighted by atomic mass is 10.1. The highest BCUT2D eigenvalue weighted by Crippen LogP contribution is 2.15. The first-order chi connectivity index (χ1) is 4.72. The second-order valence-electron chi connectivity index (χ2n) is 2.86. The van der Waals surface area contributed by atoms with E-state index in [1.807, 2.05) is 0 Å². The molecule has 0 aromatic rings. The van der Waals surface area contributed by atoms with E-state index >= 15 is 0 Å². The van der Waals surface area contributed by atoms with Gasteiger partial charge >= 0.3 is 0 Å². The SMILES string of the molecule is CC(C1=CC=C[CH]1)N(C)C. The summed E-state index contributed by atoms with van der Waals surface area (Å²) in [6.07, 6.45) is 8.47. The molecule has 0 aromatic carbocycles. The van der Waals surface area contributed by atoms with Crippen LogP contribution in [0.2, 0.25) is 0 Å². The van der Waals surface area contributed by atoms with Crippen LogP contribution < -0.4 is 0 Å². The number of likely N-dealkylation sites (N-methyl/N-ethyl adjacent to an activating group) is 1. The van der Waals surface area contributed by atoms with Crippen LogP contribution in [0.25, 0.3) is 0 Å². The van der Waals surface area contributed by atoms with Gasteiger partial charge < -0.3 is 4.90 Å². The van der Waals surface area contributed by atoms with E-state index in [2.05, 4.69) is 50.6 Å². The van der Waals surface area contributed by atoms with E-state index in [0.29, 0.717) is 6.04 Å². The molecule has 1 heteroatoms. The van der Waals surface area contributed by atoms with Crippen molar-refractivity contribution in [3.63, 3.8) is 0 Å². The Balaban J connectivity index is 2.50. The van der Waals surface area contributed by atoms with Gasteiger partial charge in [0.1, 0.15) is 0 Å². The molecule has 0 saturated carbocycles. The molecule has 1 aliphatic carbocycles. The van der Waals surface area contributed by atoms with Crippen molar-refractivity contribution in [1.29, 1.82) is 0 Å². The molecule has 1 atom stereocenters. The van der Waals surface area contributed by atoms with E-state index in [1.54, 1.807) is 0 Å². The molecule has 55 valence electrons. The average molecular weight is 136 g/mol. The Bertz CT molecular complexity index is 166. The van der Waals surface area contributed by atoms with Gasteiger partial charge in [0.05, 0.1) is 0 Å². The topological polar surface area (TPSA) is 3.24 Å². The first kappa shape index (κ1) is 7.55. The van der Waals surface area contributed by atoms with Gasteiger partial charge in [-0.2, -0.15) is 0 Å². The van der Waals surface area contributed by atoms with Crippen LogP contribution >= 0.6 is 0 Å². The van der Waals surface area contributed by atoms with Crippen molar-refractivity contribution in [3.8, 4) is 0 Å². The van der Waals surface area contributed by atoms with Crippen LogP contribution in [0, 0.1) is 6.42 Å². The molecular formula is C9H14N. The number of hydrogen-bond donors (Lipinski definition) is 0. The van der Waals surface area contributed by atoms with E-state index in [1.165, 1.54) is 5.57 Å². The second-order valence-corrected chi connectivity index (χ2v) is 2.86. The zero-order valence-corrected chi connectivity index (χ0v) is 6.83. The Labute approximate surface area is 63.0 Å². The largest absolute Gasteiger partial charge is 0.303 e. The van der Waals surface area contributed by atoms with E-state index in [-0.39, 0.29) is 0 Å². The minimum Gasteiger partial charge on any atom is -0.303 e. The number of rotatable bonds is 2. The second kappa shape index (κ2) is 3.02. The monoisotopic (exact) mass is 136 g/mol. The third-order valence-corrected chi connectivity index (χ3v) is 1.95. The Morgan fingerprint density at radius 1 is 1.30 bits per heavy atom. The molecule has 1 rings (SSSR count). The zero-order chi connectivity index (χ0) is 7.56. The molecule has 1 radical (unpaired) electrons. The lowest BCUT2D eigenvalue weighted by molar-refractivity contribution is 0.353. The number of hydrogen-bond acceptors (Lipinski definition) is 1. The van der Waals surface area contributed by atoms with Crippen molar-refractivity contribution < 1.29 is 0 Å². The maximum Gasteiger partial charge on any atom is 0.0282 e. The first-order valence-corrected chi connectivity index (χ1v) is 3.60. The first-order valence-electron chi connectivity index (χ1n) is 3.60. The van der Waals surface area contributed by atoms with Gasteiger partial charge in [0.25, 0.3) is 0 Å². The molecule has 0 amide bonds. The van der Waals surface area contributed by atoms with Crippen molar-refractivity contribution in [3.05, 3.63) is 30.2 Å². The van der Waals surface area contributed by atoms with Crippen LogP contribution in [0.4, 0.5) is 0 Å². The fourth-order valence-corrected chi connectivity index (χ4v) is 0.966. The predicted molar refractivity (Wildman–Crippen MR) is 44.7 cm³/mol. The maximum atomic E-state index is 2.20. The Hall–Kier alpha value is -0.560. The van der Waals surface area contributed by atoms with Crippen LogP contribution in [0.15, 0.2) is 23.8 Å². The van der Waals surface area contributed by atoms with Gasteiger partial charge in [0.2, 0.25) is 0 Å². The lowest BCUT2D eigenvalue weighted by Crippen LogP contribution is -2.26. The van der Waals surface area contributed by atoms with E-state index < -0.39 is 0 Å². The highest BCUT2D eigenvalue weighted by molar-refractivity contribution is 5.36. The van der Waals surface area contributed by atoms with Gasteiger partial charge in [-0.05, 0) is 26.6 Å². The summed E-state index contributed by atoms with van der Waals surface area (Å²) in [5.74, 6) is 0. The van der Waals surface area contributed by atoms with Crippen molar-refractivity contribution in [1.82, 2.24) is 4.90 Å². The number of allylic oxidation sites excluding steroid dienone is 3. The van der Waals surface area contributed by atoms with E-state index in [9.17, 15) is 0 Å². The summed E-state index contributed by atoms with van der Waals surface area (Å²) in [6.45, 7) is 2.20. The van der Waals surface area contributed by atoms with Crippen LogP contribution in [0.5, 0.6) is 0 Å². The molecule has 1 aliphatic rings. The van der Waals surface area contributed by atoms with Gasteiger partial charge in [-0.15, -0.1) is 0 Å². The Morgan fingerprint density at radius 3 is 2.40 bits per heavy atom. The standard InChI is InChI=1S/C9H14N/c1-8(10(2)3)9-6-4-5-7-9/h4-8H,1-3H3. The summed E-state index contributed by atoms with van der Waals surface area (Å²) in [7, 11) is 4.19. The van der Waals surface area contributed by atoms with Gasteiger partial charge in [0, 0.05) is 12.5 Å². The number of nitrogens with zero attached hydrogens (tertiary/aromatic N) is 1. The maximum absolute atomic E-state index is 2.20. The summed E-state index contributed by atoms with van der Waals surface area (Å²) in [5.41, 5.74) is 1.39. The highest BCUT2D eigenvalue weighted by Gasteiger charge is 2.10. The summed E-state index contributed by atoms with van der Waals surface area (Å²) < 4.78 is 0. The molecule has 0 N–H and O–H groups in total. The molecule has 1 nitrogen and oxygen atoms in total. The molecule has 0 aromatic heterocycles. The summed E-state index contributed by atoms with van der Waals surface area (Å²) >= 11 is 0. The summed E-state index contributed by atoms with van der Waals surface area (Å²) in [5, 5.41) is 0. The highest BCUT2D eigenvalue weighted by atomic mass is 15.1. The normalized spacial score (nSPS) is 19.8. The molecule has 1 unspecified atom stereocenters. The van der Waals surface area contributed by atoms with Crippen LogP contribution in [0.3, 0.4) is 0 Å². The molecule has 0 fully saturated rings. The minimum atomic E-state index is 0.537. The van der Waals surface area contributed by atoms with Crippen LogP contribution in [-0.4, -0.2) is 25.0 Å². The molecule has 0 spiro atoms. The third kappa shape index (κ3) is 1.48. The van der Waals surface area contributed by atoms with Crippen molar-refractivity contribution in [2.75, 3.05) is 14.1 Å². The van der Waals surface area contributed by atoms with Crippen LogP contribution in [0.1, 0.15) is 6.92 Å². The van der Waals surface area contributed by atoms with Gasteiger partial charge in [-0.3, -0.25) is 0 Å². The van der Waals surface area contributed by atoms with Gasteiger partial charge in [-0.25, -0.2) is 0 Å². The molecule has 0 aliphatic heterocycles. The van der Waals surface area contributed by atoms with Gasteiger partial charge in [-0.1, -0.05) is 18.2 Å². The molecular weight excluding hydrogens is 122 g/mol. The minimum absolute atomic E-state index is 0.537. The third-order valence-electron chi connectivity index (χ3n) is 1.95. The van der Waals surface area contributed by atoms with Crippen molar-refractivity contribution in [2.45, 2.75) is 13.0 Å². The quantitative estimate of drug-likeness (QED) is 0.557. The smallest absolute Gasteiger partial charge is 0.0282 e. The molecule has 0 heterocycles. The van der Waals surface area contributed by atoms with Crippen LogP contribution in [-0.2, 0) is 0 Å².